The lowest BCUT2D eigenvalue weighted by molar-refractivity contribution is 0.0884. The lowest BCUT2D eigenvalue weighted by Crippen LogP contribution is -2.35. The van der Waals surface area contributed by atoms with Gasteiger partial charge in [0, 0.05) is 18.0 Å². The van der Waals surface area contributed by atoms with E-state index in [1.165, 1.54) is 0 Å². The Labute approximate surface area is 153 Å². The molecule has 2 aromatic rings. The number of pyridine rings is 1. The molecule has 0 spiro atoms. The molecule has 0 radical (unpaired) electrons. The highest BCUT2D eigenvalue weighted by Crippen LogP contribution is 2.37. The molecule has 6 nitrogen and oxygen atoms in total. The Bertz CT molecular complexity index is 943. The Kier molecular flexibility index (Phi) is 4.56. The summed E-state index contributed by atoms with van der Waals surface area (Å²) in [6, 6.07) is 5.64. The van der Waals surface area contributed by atoms with Crippen LogP contribution >= 0.6 is 0 Å². The minimum Gasteiger partial charge on any atom is -0.388 e. The highest BCUT2D eigenvalue weighted by Gasteiger charge is 2.27. The summed E-state index contributed by atoms with van der Waals surface area (Å²) in [5.41, 5.74) is 5.96. The third-order valence-corrected chi connectivity index (χ3v) is 6.60. The molecule has 2 N–H and O–H groups in total. The van der Waals surface area contributed by atoms with Crippen LogP contribution in [-0.2, 0) is 27.8 Å². The van der Waals surface area contributed by atoms with Gasteiger partial charge in [0.05, 0.1) is 31.1 Å². The van der Waals surface area contributed by atoms with E-state index in [-0.39, 0.29) is 11.9 Å². The third kappa shape index (κ3) is 3.16. The van der Waals surface area contributed by atoms with Crippen molar-refractivity contribution in [3.8, 4) is 11.1 Å². The van der Waals surface area contributed by atoms with E-state index in [0.717, 1.165) is 46.2 Å². The fraction of sp³-hybridized carbons (Fsp3) is 0.421. The smallest absolute Gasteiger partial charge is 0.211 e. The summed E-state index contributed by atoms with van der Waals surface area (Å²) in [6.07, 6.45) is 4.77. The molecule has 0 amide bonds. The number of rotatable bonds is 4. The second kappa shape index (κ2) is 6.74. The largest absolute Gasteiger partial charge is 0.388 e. The third-order valence-electron chi connectivity index (χ3n) is 5.20. The lowest BCUT2D eigenvalue weighted by Gasteiger charge is -2.27. The molecule has 0 saturated heterocycles. The summed E-state index contributed by atoms with van der Waals surface area (Å²) in [6.45, 7) is 2.34. The number of aliphatic hydroxyl groups is 1. The predicted molar refractivity (Wildman–Crippen MR) is 97.9 cm³/mol. The monoisotopic (exact) mass is 374 g/mol. The van der Waals surface area contributed by atoms with Crippen LogP contribution in [0, 0.1) is 0 Å². The maximum absolute atomic E-state index is 12.0. The number of sulfonamides is 1. The fourth-order valence-corrected chi connectivity index (χ4v) is 4.54. The number of hydrogen-bond acceptors (Lipinski definition) is 5. The average molecular weight is 374 g/mol. The van der Waals surface area contributed by atoms with Crippen molar-refractivity contribution in [3.05, 3.63) is 52.8 Å². The van der Waals surface area contributed by atoms with Gasteiger partial charge >= 0.3 is 0 Å². The molecule has 26 heavy (non-hydrogen) atoms. The van der Waals surface area contributed by atoms with Crippen LogP contribution in [0.15, 0.2) is 30.6 Å². The van der Waals surface area contributed by atoms with Crippen LogP contribution in [-0.4, -0.2) is 30.9 Å². The van der Waals surface area contributed by atoms with E-state index in [0.29, 0.717) is 13.2 Å². The Morgan fingerprint density at radius 3 is 2.96 bits per heavy atom. The van der Waals surface area contributed by atoms with Crippen LogP contribution in [0.2, 0.25) is 0 Å². The van der Waals surface area contributed by atoms with Crippen molar-refractivity contribution in [1.82, 2.24) is 9.71 Å². The number of nitrogens with one attached hydrogen (secondary N) is 1. The molecule has 2 unspecified atom stereocenters. The van der Waals surface area contributed by atoms with E-state index < -0.39 is 16.1 Å². The lowest BCUT2D eigenvalue weighted by atomic mass is 9.92. The van der Waals surface area contributed by atoms with Crippen LogP contribution in [0.5, 0.6) is 0 Å². The number of ether oxygens (including phenoxy) is 1. The second-order valence-corrected chi connectivity index (χ2v) is 8.85. The molecule has 2 heterocycles. The van der Waals surface area contributed by atoms with Gasteiger partial charge in [-0.15, -0.1) is 0 Å². The van der Waals surface area contributed by atoms with Crippen LogP contribution in [0.25, 0.3) is 11.1 Å². The van der Waals surface area contributed by atoms with Crippen molar-refractivity contribution in [1.29, 1.82) is 0 Å². The maximum Gasteiger partial charge on any atom is 0.211 e. The Hall–Kier alpha value is -1.80. The fourth-order valence-electron chi connectivity index (χ4n) is 3.74. The average Bonchev–Trinajstić information content (AvgIpc) is 3.02. The molecule has 1 aliphatic carbocycles. The molecule has 2 aliphatic rings. The van der Waals surface area contributed by atoms with Gasteiger partial charge in [0.1, 0.15) is 0 Å². The summed E-state index contributed by atoms with van der Waals surface area (Å²) < 4.78 is 32.3. The van der Waals surface area contributed by atoms with Gasteiger partial charge in [0.15, 0.2) is 0 Å². The number of nitrogens with zero attached hydrogens (tertiary/aromatic N) is 1. The van der Waals surface area contributed by atoms with Gasteiger partial charge in [-0.1, -0.05) is 18.2 Å². The highest BCUT2D eigenvalue weighted by molar-refractivity contribution is 7.89. The summed E-state index contributed by atoms with van der Waals surface area (Å²) >= 11 is 0. The van der Waals surface area contributed by atoms with Crippen molar-refractivity contribution in [2.24, 2.45) is 0 Å². The number of benzene rings is 1. The summed E-state index contributed by atoms with van der Waals surface area (Å²) in [4.78, 5) is 4.35. The first-order chi connectivity index (χ1) is 12.5. The van der Waals surface area contributed by atoms with Gasteiger partial charge in [-0.05, 0) is 47.6 Å². The second-order valence-electron chi connectivity index (χ2n) is 6.81. The molecule has 138 valence electrons. The SMILES string of the molecule is CCS(=O)(=O)NC1COCc2c(-c3ccc4c(c3)CCC4O)cncc21. The minimum absolute atomic E-state index is 0.0269. The molecule has 1 aromatic carbocycles. The van der Waals surface area contributed by atoms with Gasteiger partial charge in [0.25, 0.3) is 0 Å². The minimum atomic E-state index is -3.34. The van der Waals surface area contributed by atoms with E-state index in [1.54, 1.807) is 19.3 Å². The summed E-state index contributed by atoms with van der Waals surface area (Å²) in [7, 11) is -3.34. The van der Waals surface area contributed by atoms with Crippen molar-refractivity contribution in [2.45, 2.75) is 38.5 Å². The molecule has 2 atom stereocenters. The quantitative estimate of drug-likeness (QED) is 0.857. The first kappa shape index (κ1) is 17.6. The van der Waals surface area contributed by atoms with Gasteiger partial charge < -0.3 is 9.84 Å². The predicted octanol–water partition coefficient (Wildman–Crippen LogP) is 2.24. The molecule has 1 aliphatic heterocycles. The van der Waals surface area contributed by atoms with Gasteiger partial charge in [-0.3, -0.25) is 4.98 Å². The van der Waals surface area contributed by atoms with Crippen LogP contribution < -0.4 is 4.72 Å². The van der Waals surface area contributed by atoms with E-state index in [9.17, 15) is 13.5 Å². The number of hydrogen-bond donors (Lipinski definition) is 2. The standard InChI is InChI=1S/C19H22N2O4S/c1-2-26(23,24)21-18-11-25-10-17-15(8-20-9-16(17)18)13-3-5-14-12(7-13)4-6-19(14)22/h3,5,7-9,18-19,21-22H,2,4,6,10-11H2,1H3. The molecular weight excluding hydrogens is 352 g/mol. The molecule has 0 saturated carbocycles. The van der Waals surface area contributed by atoms with Gasteiger partial charge in [0.2, 0.25) is 10.0 Å². The summed E-state index contributed by atoms with van der Waals surface area (Å²) in [5.74, 6) is 0.0269. The maximum atomic E-state index is 12.0. The first-order valence-electron chi connectivity index (χ1n) is 8.84. The first-order valence-corrected chi connectivity index (χ1v) is 10.5. The topological polar surface area (TPSA) is 88.5 Å². The molecule has 1 aromatic heterocycles. The molecular formula is C19H22N2O4S. The number of aliphatic hydroxyl groups excluding tert-OH is 1. The number of aromatic nitrogens is 1. The van der Waals surface area contributed by atoms with E-state index in [1.807, 2.05) is 12.1 Å². The zero-order valence-electron chi connectivity index (χ0n) is 14.6. The Balaban J connectivity index is 1.74. The molecule has 0 bridgehead atoms. The summed E-state index contributed by atoms with van der Waals surface area (Å²) in [5, 5.41) is 10.0. The van der Waals surface area contributed by atoms with Gasteiger partial charge in [-0.25, -0.2) is 13.1 Å². The highest BCUT2D eigenvalue weighted by atomic mass is 32.2. The van der Waals surface area contributed by atoms with E-state index in [2.05, 4.69) is 15.8 Å². The normalized spacial score (nSPS) is 22.1. The van der Waals surface area contributed by atoms with Crippen molar-refractivity contribution >= 4 is 10.0 Å². The molecule has 4 rings (SSSR count). The molecule has 7 heteroatoms. The van der Waals surface area contributed by atoms with Crippen molar-refractivity contribution in [3.63, 3.8) is 0 Å². The van der Waals surface area contributed by atoms with E-state index >= 15 is 0 Å². The van der Waals surface area contributed by atoms with Crippen LogP contribution in [0.4, 0.5) is 0 Å². The number of aryl methyl sites for hydroxylation is 1. The zero-order valence-corrected chi connectivity index (χ0v) is 15.4. The zero-order chi connectivity index (χ0) is 18.3. The van der Waals surface area contributed by atoms with Crippen molar-refractivity contribution in [2.75, 3.05) is 12.4 Å². The van der Waals surface area contributed by atoms with E-state index in [4.69, 9.17) is 4.74 Å². The Morgan fingerprint density at radius 2 is 2.15 bits per heavy atom. The molecule has 0 fully saturated rings. The van der Waals surface area contributed by atoms with Crippen LogP contribution in [0.3, 0.4) is 0 Å². The van der Waals surface area contributed by atoms with Crippen LogP contribution in [0.1, 0.15) is 47.7 Å². The van der Waals surface area contributed by atoms with Gasteiger partial charge in [-0.2, -0.15) is 0 Å². The number of fused-ring (bicyclic) bond motifs is 2. The van der Waals surface area contributed by atoms with Crippen molar-refractivity contribution < 1.29 is 18.3 Å². The Morgan fingerprint density at radius 1 is 1.31 bits per heavy atom.